The van der Waals surface area contributed by atoms with Crippen LogP contribution in [0.25, 0.3) is 0 Å². The molecule has 1 heterocycles. The Bertz CT molecular complexity index is 336. The van der Waals surface area contributed by atoms with E-state index in [0.717, 1.165) is 24.6 Å². The van der Waals surface area contributed by atoms with E-state index in [9.17, 15) is 0 Å². The standard InChI is InChI=1S/C13H24N2OS/c1-6-10(16-7-2)13-15-12(9(3)4)11(17-13)8-14-5/h9-10,14H,6-8H2,1-5H3. The van der Waals surface area contributed by atoms with Crippen LogP contribution in [0, 0.1) is 0 Å². The minimum absolute atomic E-state index is 0.160. The number of hydrogen-bond donors (Lipinski definition) is 1. The van der Waals surface area contributed by atoms with Gasteiger partial charge in [-0.1, -0.05) is 20.8 Å². The lowest BCUT2D eigenvalue weighted by atomic mass is 10.1. The lowest BCUT2D eigenvalue weighted by Crippen LogP contribution is -2.06. The van der Waals surface area contributed by atoms with Crippen LogP contribution in [0.3, 0.4) is 0 Å². The molecule has 0 bridgehead atoms. The molecule has 0 saturated carbocycles. The minimum Gasteiger partial charge on any atom is -0.371 e. The Morgan fingerprint density at radius 2 is 2.06 bits per heavy atom. The van der Waals surface area contributed by atoms with Gasteiger partial charge in [-0.3, -0.25) is 0 Å². The largest absolute Gasteiger partial charge is 0.371 e. The molecule has 0 aliphatic carbocycles. The first-order valence-electron chi connectivity index (χ1n) is 6.39. The van der Waals surface area contributed by atoms with Gasteiger partial charge >= 0.3 is 0 Å². The summed E-state index contributed by atoms with van der Waals surface area (Å²) in [7, 11) is 1.98. The van der Waals surface area contributed by atoms with Gasteiger partial charge in [0, 0.05) is 18.0 Å². The van der Waals surface area contributed by atoms with Gasteiger partial charge in [0.05, 0.1) is 5.69 Å². The summed E-state index contributed by atoms with van der Waals surface area (Å²) >= 11 is 1.79. The number of rotatable bonds is 7. The third kappa shape index (κ3) is 3.76. The van der Waals surface area contributed by atoms with Crippen molar-refractivity contribution in [2.24, 2.45) is 0 Å². The highest BCUT2D eigenvalue weighted by molar-refractivity contribution is 7.11. The molecule has 4 heteroatoms. The third-order valence-corrected chi connectivity index (χ3v) is 3.81. The Labute approximate surface area is 109 Å². The van der Waals surface area contributed by atoms with Crippen LogP contribution in [-0.2, 0) is 11.3 Å². The zero-order valence-electron chi connectivity index (χ0n) is 11.5. The topological polar surface area (TPSA) is 34.1 Å². The second kappa shape index (κ2) is 7.09. The fraction of sp³-hybridized carbons (Fsp3) is 0.769. The Balaban J connectivity index is 2.96. The Kier molecular flexibility index (Phi) is 6.09. The minimum atomic E-state index is 0.160. The Morgan fingerprint density at radius 1 is 1.35 bits per heavy atom. The van der Waals surface area contributed by atoms with E-state index in [0.29, 0.717) is 5.92 Å². The van der Waals surface area contributed by atoms with Gasteiger partial charge in [-0.2, -0.15) is 0 Å². The summed E-state index contributed by atoms with van der Waals surface area (Å²) in [6, 6.07) is 0. The highest BCUT2D eigenvalue weighted by atomic mass is 32.1. The van der Waals surface area contributed by atoms with Crippen LogP contribution in [0.4, 0.5) is 0 Å². The second-order valence-corrected chi connectivity index (χ2v) is 5.51. The van der Waals surface area contributed by atoms with Crippen molar-refractivity contribution < 1.29 is 4.74 Å². The number of ether oxygens (including phenoxy) is 1. The molecule has 0 aromatic carbocycles. The van der Waals surface area contributed by atoms with E-state index in [1.165, 1.54) is 10.6 Å². The SMILES string of the molecule is CCOC(CC)c1nc(C(C)C)c(CNC)s1. The van der Waals surface area contributed by atoms with Gasteiger partial charge in [0.2, 0.25) is 0 Å². The van der Waals surface area contributed by atoms with Crippen molar-refractivity contribution in [1.29, 1.82) is 0 Å². The maximum atomic E-state index is 5.73. The summed E-state index contributed by atoms with van der Waals surface area (Å²) in [5.41, 5.74) is 1.22. The predicted octanol–water partition coefficient (Wildman–Crippen LogP) is 3.47. The van der Waals surface area contributed by atoms with Gasteiger partial charge in [-0.05, 0) is 26.3 Å². The van der Waals surface area contributed by atoms with Crippen LogP contribution in [-0.4, -0.2) is 18.6 Å². The summed E-state index contributed by atoms with van der Waals surface area (Å²) in [6.07, 6.45) is 1.14. The van der Waals surface area contributed by atoms with E-state index in [4.69, 9.17) is 9.72 Å². The fourth-order valence-corrected chi connectivity index (χ4v) is 3.19. The van der Waals surface area contributed by atoms with Crippen molar-refractivity contribution in [2.45, 2.75) is 52.7 Å². The van der Waals surface area contributed by atoms with Gasteiger partial charge in [-0.15, -0.1) is 11.3 Å². The van der Waals surface area contributed by atoms with E-state index in [2.05, 4.69) is 26.1 Å². The first-order chi connectivity index (χ1) is 8.13. The number of thiazole rings is 1. The van der Waals surface area contributed by atoms with E-state index in [1.54, 1.807) is 11.3 Å². The number of aromatic nitrogens is 1. The van der Waals surface area contributed by atoms with Gasteiger partial charge in [0.1, 0.15) is 11.1 Å². The Morgan fingerprint density at radius 3 is 2.53 bits per heavy atom. The van der Waals surface area contributed by atoms with Gasteiger partial charge in [0.15, 0.2) is 0 Å². The first kappa shape index (κ1) is 14.6. The van der Waals surface area contributed by atoms with E-state index in [-0.39, 0.29) is 6.10 Å². The van der Waals surface area contributed by atoms with Crippen molar-refractivity contribution >= 4 is 11.3 Å². The van der Waals surface area contributed by atoms with Crippen molar-refractivity contribution in [2.75, 3.05) is 13.7 Å². The maximum absolute atomic E-state index is 5.73. The molecule has 3 nitrogen and oxygen atoms in total. The first-order valence-corrected chi connectivity index (χ1v) is 7.21. The summed E-state index contributed by atoms with van der Waals surface area (Å²) in [5, 5.41) is 4.34. The molecule has 1 N–H and O–H groups in total. The number of nitrogens with one attached hydrogen (secondary N) is 1. The predicted molar refractivity (Wildman–Crippen MR) is 73.6 cm³/mol. The quantitative estimate of drug-likeness (QED) is 0.811. The van der Waals surface area contributed by atoms with Crippen molar-refractivity contribution in [3.8, 4) is 0 Å². The molecule has 17 heavy (non-hydrogen) atoms. The van der Waals surface area contributed by atoms with Crippen LogP contribution in [0.5, 0.6) is 0 Å². The van der Waals surface area contributed by atoms with Gasteiger partial charge < -0.3 is 10.1 Å². The third-order valence-electron chi connectivity index (χ3n) is 2.64. The van der Waals surface area contributed by atoms with E-state index >= 15 is 0 Å². The molecule has 1 aromatic rings. The summed E-state index contributed by atoms with van der Waals surface area (Å²) in [6.45, 7) is 10.2. The molecule has 0 amide bonds. The molecule has 1 atom stereocenters. The summed E-state index contributed by atoms with van der Waals surface area (Å²) in [4.78, 5) is 6.11. The van der Waals surface area contributed by atoms with Crippen LogP contribution in [0.1, 0.15) is 61.7 Å². The van der Waals surface area contributed by atoms with Crippen LogP contribution in [0.2, 0.25) is 0 Å². The monoisotopic (exact) mass is 256 g/mol. The van der Waals surface area contributed by atoms with Crippen molar-refractivity contribution in [1.82, 2.24) is 10.3 Å². The van der Waals surface area contributed by atoms with Gasteiger partial charge in [-0.25, -0.2) is 4.98 Å². The number of nitrogens with zero attached hydrogens (tertiary/aromatic N) is 1. The molecule has 98 valence electrons. The average Bonchev–Trinajstić information content (AvgIpc) is 2.70. The molecule has 0 aliphatic rings. The molecule has 0 spiro atoms. The lowest BCUT2D eigenvalue weighted by Gasteiger charge is -2.11. The Hall–Kier alpha value is -0.450. The maximum Gasteiger partial charge on any atom is 0.122 e. The normalized spacial score (nSPS) is 13.3. The molecular formula is C13H24N2OS. The molecule has 1 aromatic heterocycles. The fourth-order valence-electron chi connectivity index (χ4n) is 1.82. The van der Waals surface area contributed by atoms with E-state index in [1.807, 2.05) is 14.0 Å². The molecule has 0 fully saturated rings. The van der Waals surface area contributed by atoms with E-state index < -0.39 is 0 Å². The van der Waals surface area contributed by atoms with Crippen LogP contribution >= 0.6 is 11.3 Å². The van der Waals surface area contributed by atoms with Crippen LogP contribution in [0.15, 0.2) is 0 Å². The highest BCUT2D eigenvalue weighted by Gasteiger charge is 2.19. The second-order valence-electron chi connectivity index (χ2n) is 4.40. The lowest BCUT2D eigenvalue weighted by molar-refractivity contribution is 0.0595. The summed E-state index contributed by atoms with van der Waals surface area (Å²) < 4.78 is 5.73. The molecule has 0 aliphatic heterocycles. The van der Waals surface area contributed by atoms with Crippen LogP contribution < -0.4 is 5.32 Å². The zero-order chi connectivity index (χ0) is 12.8. The molecule has 1 unspecified atom stereocenters. The van der Waals surface area contributed by atoms with Crippen molar-refractivity contribution in [3.63, 3.8) is 0 Å². The number of hydrogen-bond acceptors (Lipinski definition) is 4. The molecule has 0 saturated heterocycles. The molecule has 0 radical (unpaired) electrons. The average molecular weight is 256 g/mol. The smallest absolute Gasteiger partial charge is 0.122 e. The molecule has 1 rings (SSSR count). The molecular weight excluding hydrogens is 232 g/mol. The zero-order valence-corrected chi connectivity index (χ0v) is 12.4. The van der Waals surface area contributed by atoms with Crippen molar-refractivity contribution in [3.05, 3.63) is 15.6 Å². The van der Waals surface area contributed by atoms with Gasteiger partial charge in [0.25, 0.3) is 0 Å². The summed E-state index contributed by atoms with van der Waals surface area (Å²) in [5.74, 6) is 0.475. The highest BCUT2D eigenvalue weighted by Crippen LogP contribution is 2.31.